The fourth-order valence-corrected chi connectivity index (χ4v) is 2.04. The first-order valence-electron chi connectivity index (χ1n) is 6.88. The SMILES string of the molecule is COC(=O)c1c(C)cccc1NC(=O)COc1ccccc1F. The van der Waals surface area contributed by atoms with Gasteiger partial charge in [0.25, 0.3) is 5.91 Å². The Kier molecular flexibility index (Phi) is 5.30. The Morgan fingerprint density at radius 1 is 1.13 bits per heavy atom. The third-order valence-electron chi connectivity index (χ3n) is 3.13. The molecule has 0 fully saturated rings. The van der Waals surface area contributed by atoms with Crippen molar-refractivity contribution in [3.8, 4) is 5.75 Å². The predicted octanol–water partition coefficient (Wildman–Crippen LogP) is 2.94. The van der Waals surface area contributed by atoms with Crippen molar-refractivity contribution < 1.29 is 23.5 Å². The molecule has 2 rings (SSSR count). The number of hydrogen-bond acceptors (Lipinski definition) is 4. The fraction of sp³-hybridized carbons (Fsp3) is 0.176. The van der Waals surface area contributed by atoms with Crippen molar-refractivity contribution in [2.75, 3.05) is 19.0 Å². The number of benzene rings is 2. The Morgan fingerprint density at radius 2 is 1.87 bits per heavy atom. The lowest BCUT2D eigenvalue weighted by Gasteiger charge is -2.12. The summed E-state index contributed by atoms with van der Waals surface area (Å²) in [6, 6.07) is 10.8. The molecule has 0 aliphatic heterocycles. The highest BCUT2D eigenvalue weighted by Gasteiger charge is 2.16. The molecule has 6 heteroatoms. The summed E-state index contributed by atoms with van der Waals surface area (Å²) in [5.74, 6) is -1.62. The monoisotopic (exact) mass is 317 g/mol. The Labute approximate surface area is 133 Å². The number of hydrogen-bond donors (Lipinski definition) is 1. The van der Waals surface area contributed by atoms with Crippen LogP contribution in [-0.4, -0.2) is 25.6 Å². The van der Waals surface area contributed by atoms with Crippen LogP contribution in [0.2, 0.25) is 0 Å². The van der Waals surface area contributed by atoms with E-state index in [2.05, 4.69) is 5.32 Å². The van der Waals surface area contributed by atoms with Crippen molar-refractivity contribution in [3.05, 3.63) is 59.4 Å². The van der Waals surface area contributed by atoms with Crippen LogP contribution in [-0.2, 0) is 9.53 Å². The first-order chi connectivity index (χ1) is 11.0. The zero-order chi connectivity index (χ0) is 16.8. The van der Waals surface area contributed by atoms with Gasteiger partial charge in [0.2, 0.25) is 0 Å². The van der Waals surface area contributed by atoms with E-state index in [1.165, 1.54) is 25.3 Å². The molecule has 0 aliphatic carbocycles. The number of rotatable bonds is 5. The molecule has 0 spiro atoms. The molecule has 0 aliphatic rings. The van der Waals surface area contributed by atoms with Crippen molar-refractivity contribution >= 4 is 17.6 Å². The Morgan fingerprint density at radius 3 is 2.57 bits per heavy atom. The first-order valence-corrected chi connectivity index (χ1v) is 6.88. The number of methoxy groups -OCH3 is 1. The van der Waals surface area contributed by atoms with E-state index in [1.54, 1.807) is 31.2 Å². The first kappa shape index (κ1) is 16.5. The summed E-state index contributed by atoms with van der Waals surface area (Å²) in [5.41, 5.74) is 1.26. The van der Waals surface area contributed by atoms with Gasteiger partial charge in [-0.05, 0) is 30.7 Å². The van der Waals surface area contributed by atoms with Gasteiger partial charge < -0.3 is 14.8 Å². The molecule has 0 heterocycles. The van der Waals surface area contributed by atoms with E-state index in [0.717, 1.165) is 0 Å². The van der Waals surface area contributed by atoms with Crippen LogP contribution in [0.1, 0.15) is 15.9 Å². The largest absolute Gasteiger partial charge is 0.481 e. The highest BCUT2D eigenvalue weighted by atomic mass is 19.1. The molecular formula is C17H16FNO4. The number of amides is 1. The molecule has 0 unspecified atom stereocenters. The molecule has 0 atom stereocenters. The second-order valence-corrected chi connectivity index (χ2v) is 4.76. The lowest BCUT2D eigenvalue weighted by molar-refractivity contribution is -0.118. The van der Waals surface area contributed by atoms with E-state index in [4.69, 9.17) is 9.47 Å². The van der Waals surface area contributed by atoms with Crippen LogP contribution >= 0.6 is 0 Å². The minimum Gasteiger partial charge on any atom is -0.481 e. The summed E-state index contributed by atoms with van der Waals surface area (Å²) in [6.45, 7) is 1.35. The quantitative estimate of drug-likeness (QED) is 0.861. The normalized spacial score (nSPS) is 10.0. The second-order valence-electron chi connectivity index (χ2n) is 4.76. The van der Waals surface area contributed by atoms with Gasteiger partial charge in [0, 0.05) is 0 Å². The summed E-state index contributed by atoms with van der Waals surface area (Å²) in [5, 5.41) is 2.57. The van der Waals surface area contributed by atoms with Gasteiger partial charge in [0.15, 0.2) is 18.2 Å². The van der Waals surface area contributed by atoms with Crippen molar-refractivity contribution in [1.82, 2.24) is 0 Å². The van der Waals surface area contributed by atoms with Gasteiger partial charge in [0.1, 0.15) is 0 Å². The number of para-hydroxylation sites is 1. The van der Waals surface area contributed by atoms with Gasteiger partial charge in [-0.25, -0.2) is 9.18 Å². The van der Waals surface area contributed by atoms with Crippen molar-refractivity contribution in [1.29, 1.82) is 0 Å². The van der Waals surface area contributed by atoms with E-state index < -0.39 is 17.7 Å². The molecule has 0 aromatic heterocycles. The average molecular weight is 317 g/mol. The van der Waals surface area contributed by atoms with Gasteiger partial charge in [-0.2, -0.15) is 0 Å². The summed E-state index contributed by atoms with van der Waals surface area (Å²) >= 11 is 0. The van der Waals surface area contributed by atoms with Crippen molar-refractivity contribution in [3.63, 3.8) is 0 Å². The minimum atomic E-state index is -0.550. The Bertz CT molecular complexity index is 730. The van der Waals surface area contributed by atoms with E-state index in [0.29, 0.717) is 11.3 Å². The molecule has 2 aromatic rings. The lowest BCUT2D eigenvalue weighted by Crippen LogP contribution is -2.22. The zero-order valence-electron chi connectivity index (χ0n) is 12.8. The van der Waals surface area contributed by atoms with Crippen molar-refractivity contribution in [2.24, 2.45) is 0 Å². The number of carbonyl (C=O) groups is 2. The molecular weight excluding hydrogens is 301 g/mol. The van der Waals surface area contributed by atoms with Gasteiger partial charge in [-0.3, -0.25) is 4.79 Å². The summed E-state index contributed by atoms with van der Waals surface area (Å²) in [4.78, 5) is 23.8. The number of anilines is 1. The molecule has 2 aromatic carbocycles. The van der Waals surface area contributed by atoms with Gasteiger partial charge in [0.05, 0.1) is 18.4 Å². The number of nitrogens with one attached hydrogen (secondary N) is 1. The maximum atomic E-state index is 13.4. The molecule has 0 saturated heterocycles. The maximum absolute atomic E-state index is 13.4. The van der Waals surface area contributed by atoms with Gasteiger partial charge in [-0.15, -0.1) is 0 Å². The molecule has 0 radical (unpaired) electrons. The standard InChI is InChI=1S/C17H16FNO4/c1-11-6-5-8-13(16(11)17(21)22-2)19-15(20)10-23-14-9-4-3-7-12(14)18/h3-9H,10H2,1-2H3,(H,19,20). The molecule has 1 amide bonds. The Hall–Kier alpha value is -2.89. The summed E-state index contributed by atoms with van der Waals surface area (Å²) in [7, 11) is 1.27. The van der Waals surface area contributed by atoms with E-state index >= 15 is 0 Å². The van der Waals surface area contributed by atoms with E-state index in [-0.39, 0.29) is 17.9 Å². The van der Waals surface area contributed by atoms with Crippen LogP contribution in [0.4, 0.5) is 10.1 Å². The number of carbonyl (C=O) groups excluding carboxylic acids is 2. The summed E-state index contributed by atoms with van der Waals surface area (Å²) < 4.78 is 23.3. The highest BCUT2D eigenvalue weighted by molar-refractivity contribution is 6.02. The highest BCUT2D eigenvalue weighted by Crippen LogP contribution is 2.21. The Balaban J connectivity index is 2.08. The third-order valence-corrected chi connectivity index (χ3v) is 3.13. The molecule has 23 heavy (non-hydrogen) atoms. The molecule has 120 valence electrons. The maximum Gasteiger partial charge on any atom is 0.340 e. The molecule has 5 nitrogen and oxygen atoms in total. The summed E-state index contributed by atoms with van der Waals surface area (Å²) in [6.07, 6.45) is 0. The molecule has 0 saturated carbocycles. The number of aryl methyl sites for hydroxylation is 1. The number of ether oxygens (including phenoxy) is 2. The minimum absolute atomic E-state index is 0.0138. The van der Waals surface area contributed by atoms with Gasteiger partial charge in [-0.1, -0.05) is 24.3 Å². The van der Waals surface area contributed by atoms with Crippen LogP contribution < -0.4 is 10.1 Å². The fourth-order valence-electron chi connectivity index (χ4n) is 2.04. The number of halogens is 1. The van der Waals surface area contributed by atoms with Crippen LogP contribution in [0.15, 0.2) is 42.5 Å². The third kappa shape index (κ3) is 4.06. The van der Waals surface area contributed by atoms with Crippen LogP contribution in [0.3, 0.4) is 0 Å². The molecule has 1 N–H and O–H groups in total. The smallest absolute Gasteiger partial charge is 0.340 e. The van der Waals surface area contributed by atoms with Gasteiger partial charge >= 0.3 is 5.97 Å². The van der Waals surface area contributed by atoms with Crippen LogP contribution in [0, 0.1) is 12.7 Å². The molecule has 0 bridgehead atoms. The zero-order valence-corrected chi connectivity index (χ0v) is 12.8. The van der Waals surface area contributed by atoms with E-state index in [9.17, 15) is 14.0 Å². The number of esters is 1. The second kappa shape index (κ2) is 7.40. The van der Waals surface area contributed by atoms with E-state index in [1.807, 2.05) is 0 Å². The predicted molar refractivity (Wildman–Crippen MR) is 83.0 cm³/mol. The average Bonchev–Trinajstić information content (AvgIpc) is 2.53. The topological polar surface area (TPSA) is 64.6 Å². The van der Waals surface area contributed by atoms with Crippen LogP contribution in [0.5, 0.6) is 5.75 Å². The van der Waals surface area contributed by atoms with Crippen molar-refractivity contribution in [2.45, 2.75) is 6.92 Å². The lowest BCUT2D eigenvalue weighted by atomic mass is 10.1. The van der Waals surface area contributed by atoms with Crippen LogP contribution in [0.25, 0.3) is 0 Å².